The molecule has 0 N–H and O–H groups in total. The molecule has 0 fully saturated rings. The smallest absolute Gasteiger partial charge is 0.0701 e. The van der Waals surface area contributed by atoms with Crippen LogP contribution in [0.1, 0.15) is 27.2 Å². The molecule has 17 heavy (non-hydrogen) atoms. The highest BCUT2D eigenvalue weighted by molar-refractivity contribution is 4.42. The summed E-state index contributed by atoms with van der Waals surface area (Å²) < 4.78 is 21.2. The van der Waals surface area contributed by atoms with Crippen molar-refractivity contribution >= 4 is 0 Å². The van der Waals surface area contributed by atoms with Crippen LogP contribution in [0.2, 0.25) is 0 Å². The quantitative estimate of drug-likeness (QED) is 0.468. The van der Waals surface area contributed by atoms with Gasteiger partial charge in [0.2, 0.25) is 0 Å². The van der Waals surface area contributed by atoms with Gasteiger partial charge in [-0.15, -0.1) is 0 Å². The van der Waals surface area contributed by atoms with E-state index in [9.17, 15) is 0 Å². The molecule has 0 atom stereocenters. The van der Waals surface area contributed by atoms with Crippen molar-refractivity contribution in [1.29, 1.82) is 0 Å². The maximum Gasteiger partial charge on any atom is 0.0701 e. The van der Waals surface area contributed by atoms with E-state index < -0.39 is 0 Å². The summed E-state index contributed by atoms with van der Waals surface area (Å²) in [5.74, 6) is 0.703. The van der Waals surface area contributed by atoms with Crippen LogP contribution in [-0.2, 0) is 18.9 Å². The van der Waals surface area contributed by atoms with Gasteiger partial charge in [0.15, 0.2) is 0 Å². The molecule has 104 valence electrons. The lowest BCUT2D eigenvalue weighted by Crippen LogP contribution is -2.12. The van der Waals surface area contributed by atoms with Crippen LogP contribution in [-0.4, -0.2) is 52.9 Å². The van der Waals surface area contributed by atoms with E-state index in [1.807, 2.05) is 6.92 Å². The number of hydrogen-bond acceptors (Lipinski definition) is 4. The zero-order valence-corrected chi connectivity index (χ0v) is 11.6. The molecule has 0 rings (SSSR count). The largest absolute Gasteiger partial charge is 0.379 e. The highest BCUT2D eigenvalue weighted by Gasteiger charge is 1.94. The minimum atomic E-state index is 0.624. The summed E-state index contributed by atoms with van der Waals surface area (Å²) in [6.07, 6.45) is 1.11. The lowest BCUT2D eigenvalue weighted by Gasteiger charge is -2.07. The third kappa shape index (κ3) is 15.8. The van der Waals surface area contributed by atoms with E-state index >= 15 is 0 Å². The van der Waals surface area contributed by atoms with Crippen LogP contribution in [0.25, 0.3) is 0 Å². The Morgan fingerprint density at radius 3 is 1.47 bits per heavy atom. The normalized spacial score (nSPS) is 11.3. The van der Waals surface area contributed by atoms with E-state index in [4.69, 9.17) is 18.9 Å². The van der Waals surface area contributed by atoms with Gasteiger partial charge >= 0.3 is 0 Å². The first kappa shape index (κ1) is 16.8. The van der Waals surface area contributed by atoms with E-state index in [1.165, 1.54) is 0 Å². The fraction of sp³-hybridized carbons (Fsp3) is 1.00. The first-order chi connectivity index (χ1) is 8.27. The molecule has 0 radical (unpaired) electrons. The van der Waals surface area contributed by atoms with E-state index in [0.717, 1.165) is 19.6 Å². The molecule has 0 aliphatic rings. The fourth-order valence-electron chi connectivity index (χ4n) is 1.12. The van der Waals surface area contributed by atoms with Gasteiger partial charge in [0.05, 0.1) is 39.6 Å². The zero-order valence-electron chi connectivity index (χ0n) is 11.6. The highest BCUT2D eigenvalue weighted by Crippen LogP contribution is 1.98. The molecule has 0 unspecified atom stereocenters. The second-order valence-corrected chi connectivity index (χ2v) is 4.22. The minimum Gasteiger partial charge on any atom is -0.379 e. The molecule has 0 aromatic rings. The van der Waals surface area contributed by atoms with Crippen molar-refractivity contribution in [1.82, 2.24) is 0 Å². The molecule has 0 amide bonds. The van der Waals surface area contributed by atoms with Crippen LogP contribution in [0.5, 0.6) is 0 Å². The van der Waals surface area contributed by atoms with Crippen LogP contribution in [0, 0.1) is 5.92 Å². The summed E-state index contributed by atoms with van der Waals surface area (Å²) in [6, 6.07) is 0. The Morgan fingerprint density at radius 2 is 1.06 bits per heavy atom. The molecule has 4 nitrogen and oxygen atoms in total. The second-order valence-electron chi connectivity index (χ2n) is 4.22. The van der Waals surface area contributed by atoms with Gasteiger partial charge in [0.1, 0.15) is 0 Å². The van der Waals surface area contributed by atoms with Gasteiger partial charge in [0, 0.05) is 13.2 Å². The van der Waals surface area contributed by atoms with Crippen molar-refractivity contribution in [2.75, 3.05) is 52.9 Å². The zero-order chi connectivity index (χ0) is 12.8. The minimum absolute atomic E-state index is 0.624. The summed E-state index contributed by atoms with van der Waals surface area (Å²) in [4.78, 5) is 0. The van der Waals surface area contributed by atoms with E-state index in [-0.39, 0.29) is 0 Å². The van der Waals surface area contributed by atoms with Gasteiger partial charge in [-0.2, -0.15) is 0 Å². The Bertz CT molecular complexity index is 139. The Labute approximate surface area is 106 Å². The van der Waals surface area contributed by atoms with Crippen molar-refractivity contribution in [2.45, 2.75) is 27.2 Å². The van der Waals surface area contributed by atoms with Gasteiger partial charge < -0.3 is 18.9 Å². The number of ether oxygens (including phenoxy) is 4. The average molecular weight is 248 g/mol. The molecule has 0 spiro atoms. The van der Waals surface area contributed by atoms with Gasteiger partial charge in [-0.1, -0.05) is 13.8 Å². The molecule has 0 bridgehead atoms. The number of hydrogen-bond donors (Lipinski definition) is 0. The Morgan fingerprint density at radius 1 is 0.647 bits per heavy atom. The molecule has 0 saturated heterocycles. The van der Waals surface area contributed by atoms with Crippen molar-refractivity contribution in [3.63, 3.8) is 0 Å². The van der Waals surface area contributed by atoms with Crippen LogP contribution in [0.3, 0.4) is 0 Å². The van der Waals surface area contributed by atoms with E-state index in [1.54, 1.807) is 0 Å². The maximum absolute atomic E-state index is 5.42. The molecule has 0 aromatic heterocycles. The van der Waals surface area contributed by atoms with Crippen LogP contribution in [0.4, 0.5) is 0 Å². The molecule has 0 saturated carbocycles. The fourth-order valence-corrected chi connectivity index (χ4v) is 1.12. The van der Waals surface area contributed by atoms with Gasteiger partial charge in [-0.3, -0.25) is 0 Å². The molecule has 0 aliphatic carbocycles. The van der Waals surface area contributed by atoms with E-state index in [0.29, 0.717) is 45.6 Å². The van der Waals surface area contributed by atoms with Gasteiger partial charge in [0.25, 0.3) is 0 Å². The highest BCUT2D eigenvalue weighted by atomic mass is 16.6. The SMILES string of the molecule is CCOCCOCCOCCOCCC(C)C. The van der Waals surface area contributed by atoms with Crippen molar-refractivity contribution in [3.05, 3.63) is 0 Å². The summed E-state index contributed by atoms with van der Waals surface area (Å²) in [5, 5.41) is 0. The Balaban J connectivity index is 2.89. The van der Waals surface area contributed by atoms with Crippen molar-refractivity contribution in [2.24, 2.45) is 5.92 Å². The lowest BCUT2D eigenvalue weighted by atomic mass is 10.1. The summed E-state index contributed by atoms with van der Waals surface area (Å²) in [5.41, 5.74) is 0. The van der Waals surface area contributed by atoms with Crippen molar-refractivity contribution in [3.8, 4) is 0 Å². The summed E-state index contributed by atoms with van der Waals surface area (Å²) in [7, 11) is 0. The summed E-state index contributed by atoms with van der Waals surface area (Å²) in [6.45, 7) is 11.8. The standard InChI is InChI=1S/C13H28O4/c1-4-14-7-8-16-11-12-17-10-9-15-6-5-13(2)3/h13H,4-12H2,1-3H3. The van der Waals surface area contributed by atoms with Crippen LogP contribution >= 0.6 is 0 Å². The molecular formula is C13H28O4. The van der Waals surface area contributed by atoms with Crippen molar-refractivity contribution < 1.29 is 18.9 Å². The third-order valence-electron chi connectivity index (χ3n) is 2.16. The second kappa shape index (κ2) is 13.9. The first-order valence-electron chi connectivity index (χ1n) is 6.58. The van der Waals surface area contributed by atoms with Gasteiger partial charge in [-0.05, 0) is 19.3 Å². The topological polar surface area (TPSA) is 36.9 Å². The lowest BCUT2D eigenvalue weighted by molar-refractivity contribution is -0.00145. The predicted molar refractivity (Wildman–Crippen MR) is 68.4 cm³/mol. The molecular weight excluding hydrogens is 220 g/mol. The first-order valence-corrected chi connectivity index (χ1v) is 6.58. The third-order valence-corrected chi connectivity index (χ3v) is 2.16. The van der Waals surface area contributed by atoms with E-state index in [2.05, 4.69) is 13.8 Å². The van der Waals surface area contributed by atoms with Crippen LogP contribution < -0.4 is 0 Å². The molecule has 0 heterocycles. The monoisotopic (exact) mass is 248 g/mol. The number of rotatable bonds is 13. The van der Waals surface area contributed by atoms with Crippen LogP contribution in [0.15, 0.2) is 0 Å². The summed E-state index contributed by atoms with van der Waals surface area (Å²) >= 11 is 0. The molecule has 0 aliphatic heterocycles. The Kier molecular flexibility index (Phi) is 13.8. The maximum atomic E-state index is 5.42. The van der Waals surface area contributed by atoms with Gasteiger partial charge in [-0.25, -0.2) is 0 Å². The average Bonchev–Trinajstić information content (AvgIpc) is 2.30. The molecule has 4 heteroatoms. The predicted octanol–water partition coefficient (Wildman–Crippen LogP) is 2.12. The molecule has 0 aromatic carbocycles. The Hall–Kier alpha value is -0.160.